The smallest absolute Gasteiger partial charge is 0.340 e. The lowest BCUT2D eigenvalue weighted by molar-refractivity contribution is 0.00684. The van der Waals surface area contributed by atoms with Crippen molar-refractivity contribution in [1.82, 2.24) is 0 Å². The van der Waals surface area contributed by atoms with Crippen molar-refractivity contribution < 1.29 is 14.6 Å². The van der Waals surface area contributed by atoms with Gasteiger partial charge in [0.1, 0.15) is 0 Å². The Bertz CT molecular complexity index is 325. The Labute approximate surface area is 82.6 Å². The van der Waals surface area contributed by atoms with E-state index in [4.69, 9.17) is 5.11 Å². The minimum absolute atomic E-state index is 0.437. The molecule has 74 valence electrons. The van der Waals surface area contributed by atoms with E-state index < -0.39 is 12.8 Å². The number of carbonyl (C=O) groups excluding carboxylic acids is 1. The van der Waals surface area contributed by atoms with E-state index in [1.165, 1.54) is 0 Å². The number of aliphatic hydroxyl groups excluding tert-OH is 1. The van der Waals surface area contributed by atoms with E-state index in [9.17, 15) is 4.79 Å². The summed E-state index contributed by atoms with van der Waals surface area (Å²) in [7, 11) is 0. The molecule has 1 N–H and O–H groups in total. The van der Waals surface area contributed by atoms with Gasteiger partial charge in [-0.2, -0.15) is 0 Å². The fourth-order valence-electron chi connectivity index (χ4n) is 1.06. The van der Waals surface area contributed by atoms with Crippen LogP contribution in [0.1, 0.15) is 22.8 Å². The Kier molecular flexibility index (Phi) is 3.88. The van der Waals surface area contributed by atoms with E-state index >= 15 is 0 Å². The van der Waals surface area contributed by atoms with E-state index in [-0.39, 0.29) is 0 Å². The minimum atomic E-state index is -0.588. The zero-order chi connectivity index (χ0) is 10.4. The highest BCUT2D eigenvalue weighted by Gasteiger charge is 2.04. The summed E-state index contributed by atoms with van der Waals surface area (Å²) >= 11 is 0. The van der Waals surface area contributed by atoms with Gasteiger partial charge in [-0.05, 0) is 24.6 Å². The van der Waals surface area contributed by atoms with Gasteiger partial charge in [0.25, 0.3) is 0 Å². The third-order valence-corrected chi connectivity index (χ3v) is 1.70. The Morgan fingerprint density at radius 2 is 2.07 bits per heavy atom. The molecule has 0 fully saturated rings. The van der Waals surface area contributed by atoms with Crippen molar-refractivity contribution in [3.05, 3.63) is 41.5 Å². The van der Waals surface area contributed by atoms with Gasteiger partial charge in [-0.25, -0.2) is 4.79 Å². The van der Waals surface area contributed by atoms with Gasteiger partial charge in [-0.15, -0.1) is 0 Å². The van der Waals surface area contributed by atoms with Gasteiger partial charge in [-0.3, -0.25) is 0 Å². The van der Waals surface area contributed by atoms with Crippen LogP contribution in [0.5, 0.6) is 0 Å². The Morgan fingerprint density at radius 1 is 1.43 bits per heavy atom. The van der Waals surface area contributed by atoms with Gasteiger partial charge in [0.2, 0.25) is 0 Å². The van der Waals surface area contributed by atoms with Crippen molar-refractivity contribution in [2.45, 2.75) is 6.92 Å². The molecule has 3 nitrogen and oxygen atoms in total. The van der Waals surface area contributed by atoms with Crippen LogP contribution in [-0.2, 0) is 4.74 Å². The predicted molar refractivity (Wildman–Crippen MR) is 53.7 cm³/mol. The molecule has 0 saturated heterocycles. The first-order valence-electron chi connectivity index (χ1n) is 4.28. The first-order chi connectivity index (χ1) is 6.77. The van der Waals surface area contributed by atoms with Crippen LogP contribution in [0, 0.1) is 0 Å². The van der Waals surface area contributed by atoms with Crippen molar-refractivity contribution >= 4 is 12.0 Å². The molecule has 0 atom stereocenters. The molecule has 1 aromatic rings. The monoisotopic (exact) mass is 192 g/mol. The number of esters is 1. The fourth-order valence-corrected chi connectivity index (χ4v) is 1.06. The van der Waals surface area contributed by atoms with E-state index in [2.05, 4.69) is 4.74 Å². The number of hydrogen-bond acceptors (Lipinski definition) is 3. The summed E-state index contributed by atoms with van der Waals surface area (Å²) in [4.78, 5) is 11.1. The second kappa shape index (κ2) is 5.19. The lowest BCUT2D eigenvalue weighted by Crippen LogP contribution is -2.05. The predicted octanol–water partition coefficient (Wildman–Crippen LogP) is 1.83. The molecular formula is C11H12O3. The van der Waals surface area contributed by atoms with E-state index in [1.54, 1.807) is 12.1 Å². The molecule has 0 spiro atoms. The molecule has 0 aliphatic carbocycles. The third kappa shape index (κ3) is 2.71. The maximum absolute atomic E-state index is 11.1. The normalized spacial score (nSPS) is 10.4. The van der Waals surface area contributed by atoms with E-state index in [0.717, 1.165) is 5.56 Å². The van der Waals surface area contributed by atoms with Gasteiger partial charge in [0.15, 0.2) is 6.79 Å². The number of ether oxygens (including phenoxy) is 1. The quantitative estimate of drug-likeness (QED) is 0.587. The molecule has 0 aliphatic heterocycles. The van der Waals surface area contributed by atoms with Crippen molar-refractivity contribution in [3.63, 3.8) is 0 Å². The van der Waals surface area contributed by atoms with Crippen LogP contribution in [0.25, 0.3) is 6.08 Å². The molecule has 0 aliphatic rings. The summed E-state index contributed by atoms with van der Waals surface area (Å²) in [5.74, 6) is -0.514. The molecular weight excluding hydrogens is 180 g/mol. The van der Waals surface area contributed by atoms with Gasteiger partial charge in [0.05, 0.1) is 5.56 Å². The molecule has 0 heterocycles. The maximum Gasteiger partial charge on any atom is 0.340 e. The molecule has 0 amide bonds. The molecule has 3 heteroatoms. The average molecular weight is 192 g/mol. The number of rotatable bonds is 3. The van der Waals surface area contributed by atoms with Crippen molar-refractivity contribution in [2.75, 3.05) is 6.79 Å². The Hall–Kier alpha value is -1.61. The minimum Gasteiger partial charge on any atom is -0.435 e. The molecule has 0 unspecified atom stereocenters. The van der Waals surface area contributed by atoms with Crippen LogP contribution in [0.3, 0.4) is 0 Å². The summed E-state index contributed by atoms with van der Waals surface area (Å²) in [6, 6.07) is 6.95. The molecule has 0 bridgehead atoms. The lowest BCUT2D eigenvalue weighted by atomic mass is 10.1. The van der Waals surface area contributed by atoms with Crippen LogP contribution in [0.2, 0.25) is 0 Å². The summed E-state index contributed by atoms with van der Waals surface area (Å²) < 4.78 is 4.43. The summed E-state index contributed by atoms with van der Waals surface area (Å²) in [5.41, 5.74) is 1.46. The topological polar surface area (TPSA) is 46.5 Å². The largest absolute Gasteiger partial charge is 0.435 e. The standard InChI is InChI=1S/C11H12O3/c1-2-3-9-4-6-10(7-5-9)11(13)14-8-12/h2-7,12H,8H2,1H3. The second-order valence-corrected chi connectivity index (χ2v) is 2.68. The maximum atomic E-state index is 11.1. The zero-order valence-electron chi connectivity index (χ0n) is 7.93. The molecule has 0 saturated carbocycles. The van der Waals surface area contributed by atoms with Crippen LogP contribution in [0.4, 0.5) is 0 Å². The van der Waals surface area contributed by atoms with Crippen molar-refractivity contribution in [3.8, 4) is 0 Å². The van der Waals surface area contributed by atoms with Gasteiger partial charge in [-0.1, -0.05) is 24.3 Å². The highest BCUT2D eigenvalue weighted by molar-refractivity contribution is 5.89. The van der Waals surface area contributed by atoms with E-state index in [0.29, 0.717) is 5.56 Å². The Morgan fingerprint density at radius 3 is 2.57 bits per heavy atom. The molecule has 14 heavy (non-hydrogen) atoms. The first-order valence-corrected chi connectivity index (χ1v) is 4.28. The van der Waals surface area contributed by atoms with Crippen LogP contribution in [0.15, 0.2) is 30.3 Å². The average Bonchev–Trinajstić information content (AvgIpc) is 2.20. The molecule has 1 rings (SSSR count). The Balaban J connectivity index is 2.77. The summed E-state index contributed by atoms with van der Waals surface area (Å²) in [6.07, 6.45) is 3.85. The first kappa shape index (κ1) is 10.5. The van der Waals surface area contributed by atoms with E-state index in [1.807, 2.05) is 31.2 Å². The highest BCUT2D eigenvalue weighted by atomic mass is 16.6. The van der Waals surface area contributed by atoms with Gasteiger partial charge < -0.3 is 9.84 Å². The number of benzene rings is 1. The van der Waals surface area contributed by atoms with Crippen LogP contribution < -0.4 is 0 Å². The summed E-state index contributed by atoms with van der Waals surface area (Å²) in [6.45, 7) is 1.34. The van der Waals surface area contributed by atoms with Crippen LogP contribution >= 0.6 is 0 Å². The summed E-state index contributed by atoms with van der Waals surface area (Å²) in [5, 5.41) is 8.38. The highest BCUT2D eigenvalue weighted by Crippen LogP contribution is 2.07. The number of carbonyl (C=O) groups is 1. The lowest BCUT2D eigenvalue weighted by Gasteiger charge is -2.00. The van der Waals surface area contributed by atoms with Crippen molar-refractivity contribution in [1.29, 1.82) is 0 Å². The second-order valence-electron chi connectivity index (χ2n) is 2.68. The van der Waals surface area contributed by atoms with Gasteiger partial charge >= 0.3 is 5.97 Å². The third-order valence-electron chi connectivity index (χ3n) is 1.70. The van der Waals surface area contributed by atoms with Crippen LogP contribution in [-0.4, -0.2) is 17.9 Å². The zero-order valence-corrected chi connectivity index (χ0v) is 7.93. The van der Waals surface area contributed by atoms with Gasteiger partial charge in [0, 0.05) is 0 Å². The number of aliphatic hydroxyl groups is 1. The molecule has 0 radical (unpaired) electrons. The number of hydrogen-bond donors (Lipinski definition) is 1. The van der Waals surface area contributed by atoms with Crippen molar-refractivity contribution in [2.24, 2.45) is 0 Å². The molecule has 0 aromatic heterocycles. The fraction of sp³-hybridized carbons (Fsp3) is 0.182. The molecule has 1 aromatic carbocycles. The number of allylic oxidation sites excluding steroid dienone is 1. The SMILES string of the molecule is CC=Cc1ccc(C(=O)OCO)cc1.